The minimum Gasteiger partial charge on any atom is -0.326 e. The number of quaternary nitrogens is 1. The molecule has 2 aliphatic heterocycles. The van der Waals surface area contributed by atoms with Gasteiger partial charge in [-0.2, -0.15) is 0 Å². The summed E-state index contributed by atoms with van der Waals surface area (Å²) in [5.74, 6) is 0.679. The highest BCUT2D eigenvalue weighted by Gasteiger charge is 2.39. The molecule has 0 radical (unpaired) electrons. The molecule has 0 saturated carbocycles. The molecular weight excluding hydrogens is 306 g/mol. The van der Waals surface area contributed by atoms with Gasteiger partial charge in [0.15, 0.2) is 0 Å². The topological polar surface area (TPSA) is 28.8 Å². The fourth-order valence-electron chi connectivity index (χ4n) is 5.15. The van der Waals surface area contributed by atoms with Crippen molar-refractivity contribution in [1.82, 2.24) is 5.32 Å². The predicted molar refractivity (Wildman–Crippen MR) is 102 cm³/mol. The van der Waals surface area contributed by atoms with Gasteiger partial charge in [-0.1, -0.05) is 36.4 Å². The minimum absolute atomic E-state index is 0.669. The predicted octanol–water partition coefficient (Wildman–Crippen LogP) is 2.03. The Bertz CT molecular complexity index is 796. The Kier molecular flexibility index (Phi) is 3.91. The van der Waals surface area contributed by atoms with Crippen molar-refractivity contribution in [2.24, 2.45) is 4.99 Å². The van der Waals surface area contributed by atoms with Crippen molar-refractivity contribution >= 4 is 11.9 Å². The molecule has 0 bridgehead atoms. The SMILES string of the molecule is C1=Nc2ccc3c(c2C1)C(C1CNCC[NH+]1Cc1ccccc1)CC3. The van der Waals surface area contributed by atoms with E-state index >= 15 is 0 Å². The van der Waals surface area contributed by atoms with Crippen molar-refractivity contribution in [3.8, 4) is 0 Å². The van der Waals surface area contributed by atoms with Crippen LogP contribution in [0.15, 0.2) is 47.5 Å². The number of nitrogens with one attached hydrogen (secondary N) is 2. The van der Waals surface area contributed by atoms with Gasteiger partial charge in [0.2, 0.25) is 0 Å². The van der Waals surface area contributed by atoms with Crippen molar-refractivity contribution in [1.29, 1.82) is 0 Å². The third-order valence-corrected chi connectivity index (χ3v) is 6.32. The Morgan fingerprint density at radius 2 is 2.04 bits per heavy atom. The number of hydrogen-bond acceptors (Lipinski definition) is 2. The zero-order valence-corrected chi connectivity index (χ0v) is 14.7. The van der Waals surface area contributed by atoms with Crippen LogP contribution in [0.25, 0.3) is 0 Å². The Morgan fingerprint density at radius 3 is 2.96 bits per heavy atom. The van der Waals surface area contributed by atoms with E-state index in [0.29, 0.717) is 12.0 Å². The van der Waals surface area contributed by atoms with Crippen LogP contribution in [0.3, 0.4) is 0 Å². The maximum Gasteiger partial charge on any atom is 0.107 e. The molecule has 25 heavy (non-hydrogen) atoms. The fourth-order valence-corrected chi connectivity index (χ4v) is 5.15. The van der Waals surface area contributed by atoms with Gasteiger partial charge in [-0.05, 0) is 35.6 Å². The van der Waals surface area contributed by atoms with E-state index < -0.39 is 0 Å². The Hall–Kier alpha value is -1.97. The van der Waals surface area contributed by atoms with Gasteiger partial charge in [0, 0.05) is 37.2 Å². The molecule has 1 aliphatic carbocycles. The number of nitrogens with zero attached hydrogens (tertiary/aromatic N) is 1. The molecule has 2 heterocycles. The minimum atomic E-state index is 0.669. The lowest BCUT2D eigenvalue weighted by molar-refractivity contribution is -0.942. The Balaban J connectivity index is 1.46. The summed E-state index contributed by atoms with van der Waals surface area (Å²) in [5, 5.41) is 3.67. The van der Waals surface area contributed by atoms with Crippen molar-refractivity contribution in [3.05, 3.63) is 64.7 Å². The van der Waals surface area contributed by atoms with Crippen LogP contribution in [-0.4, -0.2) is 31.9 Å². The Labute approximate surface area is 149 Å². The van der Waals surface area contributed by atoms with Gasteiger partial charge in [0.1, 0.15) is 12.6 Å². The van der Waals surface area contributed by atoms with Crippen LogP contribution in [0.2, 0.25) is 0 Å². The zero-order valence-electron chi connectivity index (χ0n) is 14.7. The first kappa shape index (κ1) is 15.3. The van der Waals surface area contributed by atoms with Crippen LogP contribution in [0.5, 0.6) is 0 Å². The molecule has 5 rings (SSSR count). The fraction of sp³-hybridized carbons (Fsp3) is 0.409. The highest BCUT2D eigenvalue weighted by atomic mass is 15.2. The lowest BCUT2D eigenvalue weighted by atomic mass is 9.86. The molecule has 1 fully saturated rings. The molecule has 3 atom stereocenters. The smallest absolute Gasteiger partial charge is 0.107 e. The Morgan fingerprint density at radius 1 is 1.12 bits per heavy atom. The lowest BCUT2D eigenvalue weighted by Crippen LogP contribution is -3.18. The summed E-state index contributed by atoms with van der Waals surface area (Å²) in [6.07, 6.45) is 5.66. The van der Waals surface area contributed by atoms with E-state index in [4.69, 9.17) is 0 Å². The number of aryl methyl sites for hydroxylation is 1. The monoisotopic (exact) mass is 332 g/mol. The molecule has 0 amide bonds. The molecule has 3 heteroatoms. The molecular formula is C22H26N3+. The number of fused-ring (bicyclic) bond motifs is 3. The number of hydrogen-bond donors (Lipinski definition) is 2. The molecule has 2 aromatic carbocycles. The van der Waals surface area contributed by atoms with Gasteiger partial charge in [0.05, 0.1) is 12.2 Å². The number of aliphatic imine (C=N–C) groups is 1. The quantitative estimate of drug-likeness (QED) is 0.885. The first-order valence-corrected chi connectivity index (χ1v) is 9.66. The van der Waals surface area contributed by atoms with Crippen LogP contribution in [0.1, 0.15) is 34.6 Å². The van der Waals surface area contributed by atoms with Crippen molar-refractivity contribution < 1.29 is 4.90 Å². The molecule has 1 saturated heterocycles. The molecule has 2 N–H and O–H groups in total. The first-order chi connectivity index (χ1) is 12.4. The summed E-state index contributed by atoms with van der Waals surface area (Å²) < 4.78 is 0. The van der Waals surface area contributed by atoms with Gasteiger partial charge >= 0.3 is 0 Å². The summed E-state index contributed by atoms with van der Waals surface area (Å²) >= 11 is 0. The summed E-state index contributed by atoms with van der Waals surface area (Å²) in [6, 6.07) is 16.2. The summed E-state index contributed by atoms with van der Waals surface area (Å²) in [6.45, 7) is 4.63. The highest BCUT2D eigenvalue weighted by Crippen LogP contribution is 2.42. The van der Waals surface area contributed by atoms with Gasteiger partial charge in [-0.15, -0.1) is 0 Å². The van der Waals surface area contributed by atoms with Crippen molar-refractivity contribution in [3.63, 3.8) is 0 Å². The maximum absolute atomic E-state index is 4.60. The first-order valence-electron chi connectivity index (χ1n) is 9.66. The zero-order chi connectivity index (χ0) is 16.6. The van der Waals surface area contributed by atoms with E-state index in [1.165, 1.54) is 36.2 Å². The van der Waals surface area contributed by atoms with Crippen molar-refractivity contribution in [2.75, 3.05) is 19.6 Å². The summed E-state index contributed by atoms with van der Waals surface area (Å²) in [5.41, 5.74) is 7.43. The van der Waals surface area contributed by atoms with E-state index in [0.717, 1.165) is 26.1 Å². The number of benzene rings is 2. The van der Waals surface area contributed by atoms with Crippen LogP contribution < -0.4 is 10.2 Å². The molecule has 128 valence electrons. The largest absolute Gasteiger partial charge is 0.326 e. The van der Waals surface area contributed by atoms with Crippen LogP contribution in [0, 0.1) is 0 Å². The van der Waals surface area contributed by atoms with Gasteiger partial charge in [-0.3, -0.25) is 4.99 Å². The third kappa shape index (κ3) is 2.72. The van der Waals surface area contributed by atoms with E-state index in [-0.39, 0.29) is 0 Å². The van der Waals surface area contributed by atoms with Crippen LogP contribution >= 0.6 is 0 Å². The number of piperazine rings is 1. The van der Waals surface area contributed by atoms with E-state index in [1.54, 1.807) is 16.0 Å². The van der Waals surface area contributed by atoms with E-state index in [2.05, 4.69) is 59.0 Å². The molecule has 2 aromatic rings. The average Bonchev–Trinajstić information content (AvgIpc) is 3.29. The van der Waals surface area contributed by atoms with Crippen LogP contribution in [0.4, 0.5) is 5.69 Å². The second kappa shape index (κ2) is 6.40. The second-order valence-electron chi connectivity index (χ2n) is 7.68. The summed E-state index contributed by atoms with van der Waals surface area (Å²) in [7, 11) is 0. The van der Waals surface area contributed by atoms with Gasteiger partial charge in [0.25, 0.3) is 0 Å². The standard InChI is InChI=1S/C22H25N3/c1-2-4-16(5-3-1)15-25-13-12-23-14-21(25)19-8-6-17-7-9-20-18(22(17)19)10-11-24-20/h1-5,7,9,11,19,21,23H,6,8,10,12-15H2/p+1. The molecule has 0 aromatic heterocycles. The highest BCUT2D eigenvalue weighted by molar-refractivity contribution is 5.78. The average molecular weight is 332 g/mol. The van der Waals surface area contributed by atoms with Crippen LogP contribution in [-0.2, 0) is 19.4 Å². The van der Waals surface area contributed by atoms with Crippen molar-refractivity contribution in [2.45, 2.75) is 37.8 Å². The van der Waals surface area contributed by atoms with E-state index in [1.807, 2.05) is 0 Å². The lowest BCUT2D eigenvalue weighted by Gasteiger charge is -2.37. The summed E-state index contributed by atoms with van der Waals surface area (Å²) in [4.78, 5) is 6.35. The third-order valence-electron chi connectivity index (χ3n) is 6.32. The molecule has 3 unspecified atom stereocenters. The molecule has 3 nitrogen and oxygen atoms in total. The van der Waals surface area contributed by atoms with Gasteiger partial charge in [-0.25, -0.2) is 0 Å². The molecule has 0 spiro atoms. The maximum atomic E-state index is 4.60. The molecule has 3 aliphatic rings. The second-order valence-corrected chi connectivity index (χ2v) is 7.68. The van der Waals surface area contributed by atoms with Gasteiger partial charge < -0.3 is 10.2 Å². The number of rotatable bonds is 3. The van der Waals surface area contributed by atoms with E-state index in [9.17, 15) is 0 Å². The normalized spacial score (nSPS) is 27.3.